The van der Waals surface area contributed by atoms with Gasteiger partial charge in [-0.3, -0.25) is 4.79 Å². The normalized spacial score (nSPS) is 12.1. The minimum absolute atomic E-state index is 0.142. The van der Waals surface area contributed by atoms with Gasteiger partial charge in [-0.05, 0) is 18.1 Å². The van der Waals surface area contributed by atoms with Crippen LogP contribution in [-0.4, -0.2) is 27.0 Å². The summed E-state index contributed by atoms with van der Waals surface area (Å²) in [6, 6.07) is 6.36. The first-order valence-electron chi connectivity index (χ1n) is 4.20. The molecule has 0 aliphatic carbocycles. The van der Waals surface area contributed by atoms with Crippen LogP contribution < -0.4 is 0 Å². The highest BCUT2D eigenvalue weighted by Crippen LogP contribution is 2.15. The summed E-state index contributed by atoms with van der Waals surface area (Å²) >= 11 is 2.97. The molecule has 0 aromatic heterocycles. The zero-order valence-corrected chi connectivity index (χ0v) is 9.27. The van der Waals surface area contributed by atoms with Crippen molar-refractivity contribution in [3.8, 4) is 0 Å². The van der Waals surface area contributed by atoms with Gasteiger partial charge in [0.2, 0.25) is 0 Å². The van der Waals surface area contributed by atoms with Crippen LogP contribution in [0.15, 0.2) is 24.3 Å². The SMILES string of the molecule is O=C(O)c1ccccc1CC(Br)C(=O)O. The summed E-state index contributed by atoms with van der Waals surface area (Å²) in [5.41, 5.74) is 0.650. The maximum Gasteiger partial charge on any atom is 0.335 e. The zero-order valence-electron chi connectivity index (χ0n) is 7.68. The topological polar surface area (TPSA) is 74.6 Å². The van der Waals surface area contributed by atoms with Crippen LogP contribution in [0.25, 0.3) is 0 Å². The smallest absolute Gasteiger partial charge is 0.335 e. The lowest BCUT2D eigenvalue weighted by atomic mass is 10.0. The Bertz CT molecular complexity index is 389. The molecule has 0 aliphatic rings. The van der Waals surface area contributed by atoms with Crippen LogP contribution in [0.1, 0.15) is 15.9 Å². The number of aromatic carboxylic acids is 1. The zero-order chi connectivity index (χ0) is 11.4. The summed E-state index contributed by atoms with van der Waals surface area (Å²) in [4.78, 5) is 20.6. The first-order valence-corrected chi connectivity index (χ1v) is 5.12. The molecular weight excluding hydrogens is 264 g/mol. The molecule has 4 nitrogen and oxygen atoms in total. The third kappa shape index (κ3) is 3.06. The van der Waals surface area contributed by atoms with Gasteiger partial charge < -0.3 is 10.2 Å². The number of benzene rings is 1. The molecule has 1 aromatic rings. The minimum atomic E-state index is -1.05. The summed E-state index contributed by atoms with van der Waals surface area (Å²) in [6.07, 6.45) is 0.151. The second-order valence-corrected chi connectivity index (χ2v) is 4.08. The highest BCUT2D eigenvalue weighted by molar-refractivity contribution is 9.10. The Morgan fingerprint density at radius 2 is 1.87 bits per heavy atom. The molecule has 80 valence electrons. The summed E-state index contributed by atoms with van der Waals surface area (Å²) in [7, 11) is 0. The molecular formula is C10H9BrO4. The third-order valence-corrected chi connectivity index (χ3v) is 2.63. The van der Waals surface area contributed by atoms with E-state index in [0.717, 1.165) is 0 Å². The fraction of sp³-hybridized carbons (Fsp3) is 0.200. The maximum atomic E-state index is 10.8. The fourth-order valence-electron chi connectivity index (χ4n) is 1.19. The Hall–Kier alpha value is -1.36. The van der Waals surface area contributed by atoms with Crippen molar-refractivity contribution in [1.82, 2.24) is 0 Å². The molecule has 2 N–H and O–H groups in total. The number of carbonyl (C=O) groups is 2. The number of hydrogen-bond donors (Lipinski definition) is 2. The van der Waals surface area contributed by atoms with Crippen molar-refractivity contribution < 1.29 is 19.8 Å². The highest BCUT2D eigenvalue weighted by Gasteiger charge is 2.17. The number of carboxylic acids is 2. The molecule has 0 bridgehead atoms. The predicted octanol–water partition coefficient (Wildman–Crippen LogP) is 1.78. The maximum absolute atomic E-state index is 10.8. The van der Waals surface area contributed by atoms with E-state index in [-0.39, 0.29) is 12.0 Å². The van der Waals surface area contributed by atoms with Crippen molar-refractivity contribution >= 4 is 27.9 Å². The van der Waals surface area contributed by atoms with Crippen LogP contribution in [0, 0.1) is 0 Å². The van der Waals surface area contributed by atoms with Crippen LogP contribution >= 0.6 is 15.9 Å². The molecule has 0 heterocycles. The average molecular weight is 273 g/mol. The van der Waals surface area contributed by atoms with Gasteiger partial charge >= 0.3 is 11.9 Å². The van der Waals surface area contributed by atoms with E-state index in [4.69, 9.17) is 10.2 Å². The van der Waals surface area contributed by atoms with Crippen molar-refractivity contribution in [2.24, 2.45) is 0 Å². The molecule has 1 rings (SSSR count). The number of halogens is 1. The summed E-state index contributed by atoms with van der Waals surface area (Å²) in [5.74, 6) is -2.05. The molecule has 5 heteroatoms. The Morgan fingerprint density at radius 1 is 1.27 bits per heavy atom. The van der Waals surface area contributed by atoms with Crippen molar-refractivity contribution in [2.45, 2.75) is 11.2 Å². The molecule has 0 fully saturated rings. The molecule has 0 saturated heterocycles. The monoisotopic (exact) mass is 272 g/mol. The van der Waals surface area contributed by atoms with Gasteiger partial charge in [0.25, 0.3) is 0 Å². The molecule has 1 atom stereocenters. The Morgan fingerprint density at radius 3 is 2.40 bits per heavy atom. The second-order valence-electron chi connectivity index (χ2n) is 2.97. The van der Waals surface area contributed by atoms with Gasteiger partial charge in [0, 0.05) is 0 Å². The summed E-state index contributed by atoms with van der Waals surface area (Å²) in [6.45, 7) is 0. The van der Waals surface area contributed by atoms with E-state index in [1.54, 1.807) is 18.2 Å². The van der Waals surface area contributed by atoms with Crippen molar-refractivity contribution in [3.63, 3.8) is 0 Å². The molecule has 0 spiro atoms. The largest absolute Gasteiger partial charge is 0.480 e. The number of hydrogen-bond acceptors (Lipinski definition) is 2. The highest BCUT2D eigenvalue weighted by atomic mass is 79.9. The van der Waals surface area contributed by atoms with Crippen LogP contribution in [0.3, 0.4) is 0 Å². The Labute approximate surface area is 94.7 Å². The lowest BCUT2D eigenvalue weighted by Gasteiger charge is -2.07. The molecule has 0 amide bonds. The lowest BCUT2D eigenvalue weighted by Crippen LogP contribution is -2.17. The summed E-state index contributed by atoms with van der Waals surface area (Å²) < 4.78 is 0. The number of aliphatic carboxylic acids is 1. The van der Waals surface area contributed by atoms with E-state index < -0.39 is 16.8 Å². The van der Waals surface area contributed by atoms with Crippen LogP contribution in [0.5, 0.6) is 0 Å². The summed E-state index contributed by atoms with van der Waals surface area (Å²) in [5, 5.41) is 17.5. The van der Waals surface area contributed by atoms with Gasteiger partial charge in [0.15, 0.2) is 0 Å². The van der Waals surface area contributed by atoms with Gasteiger partial charge in [0.05, 0.1) is 5.56 Å². The first-order chi connectivity index (χ1) is 7.02. The van der Waals surface area contributed by atoms with Crippen molar-refractivity contribution in [1.29, 1.82) is 0 Å². The number of carboxylic acid groups (broad SMARTS) is 2. The van der Waals surface area contributed by atoms with E-state index in [2.05, 4.69) is 15.9 Å². The Kier molecular flexibility index (Phi) is 3.85. The third-order valence-electron chi connectivity index (χ3n) is 1.91. The van der Waals surface area contributed by atoms with E-state index >= 15 is 0 Å². The second kappa shape index (κ2) is 4.93. The number of alkyl halides is 1. The van der Waals surface area contributed by atoms with Crippen molar-refractivity contribution in [2.75, 3.05) is 0 Å². The van der Waals surface area contributed by atoms with Crippen LogP contribution in [0.2, 0.25) is 0 Å². The van der Waals surface area contributed by atoms with Gasteiger partial charge in [-0.25, -0.2) is 4.79 Å². The average Bonchev–Trinajstić information content (AvgIpc) is 2.18. The van der Waals surface area contributed by atoms with Crippen LogP contribution in [-0.2, 0) is 11.2 Å². The number of rotatable bonds is 4. The Balaban J connectivity index is 2.94. The molecule has 1 unspecified atom stereocenters. The van der Waals surface area contributed by atoms with Gasteiger partial charge in [-0.2, -0.15) is 0 Å². The van der Waals surface area contributed by atoms with E-state index in [9.17, 15) is 9.59 Å². The molecule has 15 heavy (non-hydrogen) atoms. The first kappa shape index (κ1) is 11.7. The van der Waals surface area contributed by atoms with Crippen molar-refractivity contribution in [3.05, 3.63) is 35.4 Å². The van der Waals surface area contributed by atoms with Gasteiger partial charge in [-0.1, -0.05) is 34.1 Å². The van der Waals surface area contributed by atoms with Crippen LogP contribution in [0.4, 0.5) is 0 Å². The quantitative estimate of drug-likeness (QED) is 0.820. The van der Waals surface area contributed by atoms with E-state index in [1.807, 2.05) is 0 Å². The molecule has 0 aliphatic heterocycles. The predicted molar refractivity (Wildman–Crippen MR) is 57.5 cm³/mol. The molecule has 1 aromatic carbocycles. The van der Waals surface area contributed by atoms with Gasteiger partial charge in [-0.15, -0.1) is 0 Å². The van der Waals surface area contributed by atoms with E-state index in [1.165, 1.54) is 6.07 Å². The lowest BCUT2D eigenvalue weighted by molar-refractivity contribution is -0.136. The molecule has 0 radical (unpaired) electrons. The fourth-order valence-corrected chi connectivity index (χ4v) is 1.54. The standard InChI is InChI=1S/C10H9BrO4/c11-8(10(14)15)5-6-3-1-2-4-7(6)9(12)13/h1-4,8H,5H2,(H,12,13)(H,14,15). The van der Waals surface area contributed by atoms with Gasteiger partial charge in [0.1, 0.15) is 4.83 Å². The van der Waals surface area contributed by atoms with E-state index in [0.29, 0.717) is 5.56 Å². The minimum Gasteiger partial charge on any atom is -0.480 e. The molecule has 0 saturated carbocycles.